The molecule has 1 aromatic carbocycles. The molecule has 1 spiro atoms. The summed E-state index contributed by atoms with van der Waals surface area (Å²) < 4.78 is 16.1. The lowest BCUT2D eigenvalue weighted by atomic mass is 9.60. The number of hydrogen-bond donors (Lipinski definition) is 0. The van der Waals surface area contributed by atoms with Crippen molar-refractivity contribution in [2.24, 2.45) is 5.41 Å². The molecule has 1 unspecified atom stereocenters. The Balaban J connectivity index is 1.70. The summed E-state index contributed by atoms with van der Waals surface area (Å²) in [5, 5.41) is 0. The fourth-order valence-corrected chi connectivity index (χ4v) is 3.91. The number of amides is 1. The van der Waals surface area contributed by atoms with Crippen molar-refractivity contribution in [3.05, 3.63) is 23.8 Å². The molecule has 1 amide bonds. The number of carbonyl (C=O) groups excluding carboxylic acids is 1. The van der Waals surface area contributed by atoms with E-state index in [2.05, 4.69) is 0 Å². The summed E-state index contributed by atoms with van der Waals surface area (Å²) in [6.07, 6.45) is 4.79. The molecule has 1 saturated carbocycles. The lowest BCUT2D eigenvalue weighted by Gasteiger charge is -2.53. The topological polar surface area (TPSA) is 48.0 Å². The Morgan fingerprint density at radius 3 is 2.39 bits per heavy atom. The minimum Gasteiger partial charge on any atom is -0.497 e. The van der Waals surface area contributed by atoms with Gasteiger partial charge in [-0.2, -0.15) is 0 Å². The van der Waals surface area contributed by atoms with Crippen molar-refractivity contribution in [2.75, 3.05) is 34.4 Å². The van der Waals surface area contributed by atoms with Crippen LogP contribution in [0.15, 0.2) is 18.2 Å². The maximum absolute atomic E-state index is 12.8. The molecule has 0 aromatic heterocycles. The smallest absolute Gasteiger partial charge is 0.257 e. The van der Waals surface area contributed by atoms with Gasteiger partial charge >= 0.3 is 0 Å². The lowest BCUT2D eigenvalue weighted by molar-refractivity contribution is -0.116. The van der Waals surface area contributed by atoms with Crippen LogP contribution in [0.1, 0.15) is 36.0 Å². The largest absolute Gasteiger partial charge is 0.497 e. The van der Waals surface area contributed by atoms with E-state index >= 15 is 0 Å². The monoisotopic (exact) mass is 319 g/mol. The third-order valence-corrected chi connectivity index (χ3v) is 5.56. The summed E-state index contributed by atoms with van der Waals surface area (Å²) >= 11 is 0. The van der Waals surface area contributed by atoms with Crippen molar-refractivity contribution in [3.8, 4) is 11.5 Å². The van der Waals surface area contributed by atoms with Crippen molar-refractivity contribution in [1.82, 2.24) is 4.90 Å². The van der Waals surface area contributed by atoms with Gasteiger partial charge in [0.1, 0.15) is 11.5 Å². The number of methoxy groups -OCH3 is 3. The molecule has 1 aromatic rings. The van der Waals surface area contributed by atoms with Crippen LogP contribution in [-0.4, -0.2) is 51.3 Å². The first-order valence-corrected chi connectivity index (χ1v) is 8.17. The second kappa shape index (κ2) is 6.40. The van der Waals surface area contributed by atoms with Gasteiger partial charge in [-0.15, -0.1) is 0 Å². The van der Waals surface area contributed by atoms with Crippen LogP contribution >= 0.6 is 0 Å². The maximum Gasteiger partial charge on any atom is 0.257 e. The standard InChI is InChI=1S/C18H25NO4/c1-21-13-4-5-14(15(12-13)22-2)17(20)19-10-8-18(9-11-19)7-6-16(18)23-3/h4-5,12,16H,6-11H2,1-3H3. The van der Waals surface area contributed by atoms with E-state index in [9.17, 15) is 4.79 Å². The second-order valence-electron chi connectivity index (χ2n) is 6.48. The molecule has 0 radical (unpaired) electrons. The summed E-state index contributed by atoms with van der Waals surface area (Å²) in [4.78, 5) is 14.8. The van der Waals surface area contributed by atoms with Crippen LogP contribution in [0.3, 0.4) is 0 Å². The van der Waals surface area contributed by atoms with Gasteiger partial charge in [0.2, 0.25) is 0 Å². The Bertz CT molecular complexity index is 576. The molecule has 1 heterocycles. The van der Waals surface area contributed by atoms with E-state index < -0.39 is 0 Å². The fraction of sp³-hybridized carbons (Fsp3) is 0.611. The highest BCUT2D eigenvalue weighted by atomic mass is 16.5. The Morgan fingerprint density at radius 1 is 1.13 bits per heavy atom. The summed E-state index contributed by atoms with van der Waals surface area (Å²) in [6, 6.07) is 5.34. The summed E-state index contributed by atoms with van der Waals surface area (Å²) in [6.45, 7) is 1.57. The average molecular weight is 319 g/mol. The number of nitrogens with zero attached hydrogens (tertiary/aromatic N) is 1. The molecule has 5 heteroatoms. The second-order valence-corrected chi connectivity index (χ2v) is 6.48. The number of benzene rings is 1. The van der Waals surface area contributed by atoms with Gasteiger partial charge in [-0.25, -0.2) is 0 Å². The quantitative estimate of drug-likeness (QED) is 0.856. The van der Waals surface area contributed by atoms with Crippen LogP contribution in [0, 0.1) is 5.41 Å². The van der Waals surface area contributed by atoms with Gasteiger partial charge in [-0.1, -0.05) is 0 Å². The van der Waals surface area contributed by atoms with Gasteiger partial charge in [0.05, 0.1) is 25.9 Å². The zero-order valence-corrected chi connectivity index (χ0v) is 14.1. The highest BCUT2D eigenvalue weighted by molar-refractivity contribution is 5.97. The zero-order valence-electron chi connectivity index (χ0n) is 14.1. The minimum absolute atomic E-state index is 0.0349. The highest BCUT2D eigenvalue weighted by Crippen LogP contribution is 2.50. The van der Waals surface area contributed by atoms with Gasteiger partial charge < -0.3 is 19.1 Å². The lowest BCUT2D eigenvalue weighted by Crippen LogP contribution is -2.53. The van der Waals surface area contributed by atoms with Crippen LogP contribution in [0.25, 0.3) is 0 Å². The predicted molar refractivity (Wildman–Crippen MR) is 87.1 cm³/mol. The third-order valence-electron chi connectivity index (χ3n) is 5.56. The zero-order chi connectivity index (χ0) is 16.4. The highest BCUT2D eigenvalue weighted by Gasteiger charge is 2.49. The van der Waals surface area contributed by atoms with Crippen molar-refractivity contribution in [2.45, 2.75) is 31.8 Å². The summed E-state index contributed by atoms with van der Waals surface area (Å²) in [5.74, 6) is 1.29. The Hall–Kier alpha value is -1.75. The Labute approximate surface area is 137 Å². The normalized spacial score (nSPS) is 22.6. The van der Waals surface area contributed by atoms with Gasteiger partial charge in [-0.3, -0.25) is 4.79 Å². The number of rotatable bonds is 4. The molecular weight excluding hydrogens is 294 g/mol. The van der Waals surface area contributed by atoms with Crippen molar-refractivity contribution < 1.29 is 19.0 Å². The number of hydrogen-bond acceptors (Lipinski definition) is 4. The molecule has 126 valence electrons. The van der Waals surface area contributed by atoms with Crippen molar-refractivity contribution >= 4 is 5.91 Å². The van der Waals surface area contributed by atoms with Crippen molar-refractivity contribution in [3.63, 3.8) is 0 Å². The molecule has 5 nitrogen and oxygen atoms in total. The molecule has 3 rings (SSSR count). The molecule has 2 fully saturated rings. The van der Waals surface area contributed by atoms with Crippen LogP contribution < -0.4 is 9.47 Å². The first-order chi connectivity index (χ1) is 11.1. The summed E-state index contributed by atoms with van der Waals surface area (Å²) in [5.41, 5.74) is 0.899. The number of carbonyl (C=O) groups is 1. The Morgan fingerprint density at radius 2 is 1.87 bits per heavy atom. The van der Waals surface area contributed by atoms with Gasteiger partial charge in [0.25, 0.3) is 5.91 Å². The van der Waals surface area contributed by atoms with Crippen LogP contribution in [-0.2, 0) is 4.74 Å². The maximum atomic E-state index is 12.8. The van der Waals surface area contributed by atoms with E-state index in [0.717, 1.165) is 32.4 Å². The van der Waals surface area contributed by atoms with E-state index in [1.807, 2.05) is 4.90 Å². The van der Waals surface area contributed by atoms with Gasteiger partial charge in [-0.05, 0) is 37.8 Å². The molecule has 1 aliphatic heterocycles. The van der Waals surface area contributed by atoms with Crippen LogP contribution in [0.4, 0.5) is 0 Å². The van der Waals surface area contributed by atoms with Crippen LogP contribution in [0.2, 0.25) is 0 Å². The van der Waals surface area contributed by atoms with E-state index in [-0.39, 0.29) is 5.91 Å². The van der Waals surface area contributed by atoms with E-state index in [0.29, 0.717) is 28.6 Å². The Kier molecular flexibility index (Phi) is 4.48. The van der Waals surface area contributed by atoms with E-state index in [4.69, 9.17) is 14.2 Å². The SMILES string of the molecule is COc1ccc(C(=O)N2CCC3(CCC3OC)CC2)c(OC)c1. The first kappa shape index (κ1) is 16.1. The third kappa shape index (κ3) is 2.78. The van der Waals surface area contributed by atoms with Gasteiger partial charge in [0, 0.05) is 31.7 Å². The van der Waals surface area contributed by atoms with E-state index in [1.165, 1.54) is 6.42 Å². The molecule has 23 heavy (non-hydrogen) atoms. The predicted octanol–water partition coefficient (Wildman–Crippen LogP) is 2.74. The van der Waals surface area contributed by atoms with Crippen molar-refractivity contribution in [1.29, 1.82) is 0 Å². The molecule has 2 aliphatic rings. The summed E-state index contributed by atoms with van der Waals surface area (Å²) in [7, 11) is 4.98. The molecule has 1 atom stereocenters. The molecule has 0 bridgehead atoms. The molecule has 1 saturated heterocycles. The fourth-order valence-electron chi connectivity index (χ4n) is 3.91. The molecule has 1 aliphatic carbocycles. The number of ether oxygens (including phenoxy) is 3. The average Bonchev–Trinajstić information content (AvgIpc) is 2.60. The van der Waals surface area contributed by atoms with Crippen LogP contribution in [0.5, 0.6) is 11.5 Å². The number of piperidine rings is 1. The molecule has 0 N–H and O–H groups in total. The minimum atomic E-state index is 0.0349. The number of likely N-dealkylation sites (tertiary alicyclic amines) is 1. The first-order valence-electron chi connectivity index (χ1n) is 8.17. The van der Waals surface area contributed by atoms with E-state index in [1.54, 1.807) is 39.5 Å². The molecular formula is C18H25NO4. The van der Waals surface area contributed by atoms with Gasteiger partial charge in [0.15, 0.2) is 0 Å².